The standard InChI is InChI=1S/C13H19N3O2S/c1-4-14-13(19)16-15-12(17)10(3)18-11-7-5-6-9(2)8-11/h5-8,10H,4H2,1-3H3,(H,15,17)(H2,14,16,19). The van der Waals surface area contributed by atoms with Gasteiger partial charge in [0.2, 0.25) is 0 Å². The maximum absolute atomic E-state index is 11.8. The first-order valence-electron chi connectivity index (χ1n) is 6.10. The molecule has 0 radical (unpaired) electrons. The number of hydrogen-bond donors (Lipinski definition) is 3. The van der Waals surface area contributed by atoms with Crippen LogP contribution in [0.2, 0.25) is 0 Å². The highest BCUT2D eigenvalue weighted by molar-refractivity contribution is 7.80. The van der Waals surface area contributed by atoms with Crippen molar-refractivity contribution in [3.05, 3.63) is 29.8 Å². The van der Waals surface area contributed by atoms with Crippen LogP contribution in [0.4, 0.5) is 0 Å². The number of hydrogen-bond acceptors (Lipinski definition) is 3. The molecular formula is C13H19N3O2S. The molecule has 0 heterocycles. The van der Waals surface area contributed by atoms with Crippen LogP contribution in [0, 0.1) is 6.92 Å². The lowest BCUT2D eigenvalue weighted by atomic mass is 10.2. The summed E-state index contributed by atoms with van der Waals surface area (Å²) < 4.78 is 5.53. The van der Waals surface area contributed by atoms with Crippen molar-refractivity contribution in [3.8, 4) is 5.75 Å². The van der Waals surface area contributed by atoms with E-state index in [1.807, 2.05) is 38.1 Å². The van der Waals surface area contributed by atoms with Gasteiger partial charge in [-0.15, -0.1) is 0 Å². The molecule has 0 aliphatic heterocycles. The van der Waals surface area contributed by atoms with Gasteiger partial charge < -0.3 is 10.1 Å². The van der Waals surface area contributed by atoms with Crippen LogP contribution in [0.25, 0.3) is 0 Å². The maximum atomic E-state index is 11.8. The molecule has 1 rings (SSSR count). The molecule has 1 aromatic rings. The second-order valence-corrected chi connectivity index (χ2v) is 4.46. The SMILES string of the molecule is CCNC(=S)NNC(=O)C(C)Oc1cccc(C)c1. The quantitative estimate of drug-likeness (QED) is 0.573. The predicted molar refractivity (Wildman–Crippen MR) is 78.8 cm³/mol. The third kappa shape index (κ3) is 5.56. The van der Waals surface area contributed by atoms with Crippen molar-refractivity contribution in [2.45, 2.75) is 26.9 Å². The Morgan fingerprint density at radius 1 is 1.42 bits per heavy atom. The monoisotopic (exact) mass is 281 g/mol. The minimum absolute atomic E-state index is 0.290. The molecule has 1 aromatic carbocycles. The second-order valence-electron chi connectivity index (χ2n) is 4.05. The molecule has 0 saturated heterocycles. The van der Waals surface area contributed by atoms with Gasteiger partial charge in [0.05, 0.1) is 0 Å². The highest BCUT2D eigenvalue weighted by atomic mass is 32.1. The highest BCUT2D eigenvalue weighted by Crippen LogP contribution is 2.13. The third-order valence-electron chi connectivity index (χ3n) is 2.31. The Labute approximate surface area is 118 Å². The van der Waals surface area contributed by atoms with E-state index in [1.54, 1.807) is 6.92 Å². The average molecular weight is 281 g/mol. The van der Waals surface area contributed by atoms with Crippen LogP contribution in [-0.2, 0) is 4.79 Å². The number of amides is 1. The first kappa shape index (κ1) is 15.2. The van der Waals surface area contributed by atoms with Gasteiger partial charge in [0.15, 0.2) is 11.2 Å². The zero-order chi connectivity index (χ0) is 14.3. The van der Waals surface area contributed by atoms with Crippen LogP contribution in [0.5, 0.6) is 5.75 Å². The molecule has 0 saturated carbocycles. The van der Waals surface area contributed by atoms with Crippen molar-refractivity contribution in [2.24, 2.45) is 0 Å². The lowest BCUT2D eigenvalue weighted by Crippen LogP contribution is -2.50. The van der Waals surface area contributed by atoms with Crippen LogP contribution in [0.3, 0.4) is 0 Å². The average Bonchev–Trinajstić information content (AvgIpc) is 2.36. The minimum Gasteiger partial charge on any atom is -0.481 e. The lowest BCUT2D eigenvalue weighted by Gasteiger charge is -2.16. The van der Waals surface area contributed by atoms with Crippen molar-refractivity contribution in [2.75, 3.05) is 6.54 Å². The molecule has 6 heteroatoms. The Balaban J connectivity index is 2.42. The predicted octanol–water partition coefficient (Wildman–Crippen LogP) is 1.28. The van der Waals surface area contributed by atoms with E-state index in [0.717, 1.165) is 5.56 Å². The molecule has 1 atom stereocenters. The van der Waals surface area contributed by atoms with E-state index in [0.29, 0.717) is 17.4 Å². The Morgan fingerprint density at radius 2 is 2.16 bits per heavy atom. The first-order valence-corrected chi connectivity index (χ1v) is 6.50. The largest absolute Gasteiger partial charge is 0.481 e. The second kappa shape index (κ2) is 7.58. The van der Waals surface area contributed by atoms with Gasteiger partial charge in [-0.3, -0.25) is 15.6 Å². The summed E-state index contributed by atoms with van der Waals surface area (Å²) in [4.78, 5) is 11.8. The Kier molecular flexibility index (Phi) is 6.08. The lowest BCUT2D eigenvalue weighted by molar-refractivity contribution is -0.127. The molecule has 19 heavy (non-hydrogen) atoms. The van der Waals surface area contributed by atoms with Gasteiger partial charge in [-0.05, 0) is 50.7 Å². The smallest absolute Gasteiger partial charge is 0.279 e. The van der Waals surface area contributed by atoms with Crippen LogP contribution in [-0.4, -0.2) is 23.7 Å². The molecule has 0 aliphatic rings. The Morgan fingerprint density at radius 3 is 2.79 bits per heavy atom. The molecule has 1 amide bonds. The van der Waals surface area contributed by atoms with Gasteiger partial charge in [0.1, 0.15) is 5.75 Å². The highest BCUT2D eigenvalue weighted by Gasteiger charge is 2.14. The van der Waals surface area contributed by atoms with E-state index >= 15 is 0 Å². The first-order chi connectivity index (χ1) is 9.02. The normalized spacial score (nSPS) is 11.3. The fourth-order valence-electron chi connectivity index (χ4n) is 1.37. The molecule has 3 N–H and O–H groups in total. The van der Waals surface area contributed by atoms with Crippen molar-refractivity contribution in [1.82, 2.24) is 16.2 Å². The number of carbonyl (C=O) groups is 1. The fourth-order valence-corrected chi connectivity index (χ4v) is 1.57. The topological polar surface area (TPSA) is 62.4 Å². The summed E-state index contributed by atoms with van der Waals surface area (Å²) in [5.74, 6) is 0.374. The summed E-state index contributed by atoms with van der Waals surface area (Å²) in [5.41, 5.74) is 6.17. The maximum Gasteiger partial charge on any atom is 0.279 e. The van der Waals surface area contributed by atoms with Crippen molar-refractivity contribution >= 4 is 23.2 Å². The summed E-state index contributed by atoms with van der Waals surface area (Å²) in [6, 6.07) is 7.54. The van der Waals surface area contributed by atoms with Gasteiger partial charge in [0.25, 0.3) is 5.91 Å². The van der Waals surface area contributed by atoms with Gasteiger partial charge in [-0.1, -0.05) is 12.1 Å². The molecule has 0 spiro atoms. The van der Waals surface area contributed by atoms with Crippen molar-refractivity contribution in [3.63, 3.8) is 0 Å². The number of aryl methyl sites for hydroxylation is 1. The number of hydrazine groups is 1. The van der Waals surface area contributed by atoms with E-state index < -0.39 is 6.10 Å². The van der Waals surface area contributed by atoms with Gasteiger partial charge in [-0.2, -0.15) is 0 Å². The summed E-state index contributed by atoms with van der Waals surface area (Å²) in [7, 11) is 0. The zero-order valence-corrected chi connectivity index (χ0v) is 12.1. The van der Waals surface area contributed by atoms with Crippen molar-refractivity contribution in [1.29, 1.82) is 0 Å². The van der Waals surface area contributed by atoms with Gasteiger partial charge in [-0.25, -0.2) is 0 Å². The number of benzene rings is 1. The number of carbonyl (C=O) groups excluding carboxylic acids is 1. The minimum atomic E-state index is -0.612. The fraction of sp³-hybridized carbons (Fsp3) is 0.385. The molecular weight excluding hydrogens is 262 g/mol. The Bertz CT molecular complexity index is 451. The summed E-state index contributed by atoms with van der Waals surface area (Å²) in [6.07, 6.45) is -0.612. The van der Waals surface area contributed by atoms with Gasteiger partial charge in [0, 0.05) is 6.54 Å². The molecule has 0 fully saturated rings. The third-order valence-corrected chi connectivity index (χ3v) is 2.55. The molecule has 0 aliphatic carbocycles. The van der Waals surface area contributed by atoms with E-state index in [4.69, 9.17) is 17.0 Å². The zero-order valence-electron chi connectivity index (χ0n) is 11.3. The number of ether oxygens (including phenoxy) is 1. The Hall–Kier alpha value is -1.82. The molecule has 0 aromatic heterocycles. The van der Waals surface area contributed by atoms with Crippen molar-refractivity contribution < 1.29 is 9.53 Å². The molecule has 0 bridgehead atoms. The van der Waals surface area contributed by atoms with Crippen LogP contribution < -0.4 is 20.9 Å². The summed E-state index contributed by atoms with van der Waals surface area (Å²) in [5, 5.41) is 3.24. The number of nitrogens with one attached hydrogen (secondary N) is 3. The number of thiocarbonyl (C=S) groups is 1. The van der Waals surface area contributed by atoms with Gasteiger partial charge >= 0.3 is 0 Å². The number of rotatable bonds is 4. The van der Waals surface area contributed by atoms with Crippen LogP contribution in [0.1, 0.15) is 19.4 Å². The van der Waals surface area contributed by atoms with E-state index in [9.17, 15) is 4.79 Å². The molecule has 1 unspecified atom stereocenters. The van der Waals surface area contributed by atoms with Crippen LogP contribution in [0.15, 0.2) is 24.3 Å². The molecule has 104 valence electrons. The van der Waals surface area contributed by atoms with E-state index in [-0.39, 0.29) is 5.91 Å². The van der Waals surface area contributed by atoms with Crippen LogP contribution >= 0.6 is 12.2 Å². The summed E-state index contributed by atoms with van der Waals surface area (Å²) >= 11 is 4.93. The van der Waals surface area contributed by atoms with E-state index in [2.05, 4.69) is 16.2 Å². The van der Waals surface area contributed by atoms with E-state index in [1.165, 1.54) is 0 Å². The molecule has 5 nitrogen and oxygen atoms in total. The summed E-state index contributed by atoms with van der Waals surface area (Å²) in [6.45, 7) is 6.25.